The van der Waals surface area contributed by atoms with Crippen LogP contribution < -0.4 is 4.90 Å². The summed E-state index contributed by atoms with van der Waals surface area (Å²) in [7, 11) is 0. The van der Waals surface area contributed by atoms with E-state index in [2.05, 4.69) is 12.8 Å². The van der Waals surface area contributed by atoms with E-state index < -0.39 is 0 Å². The van der Waals surface area contributed by atoms with E-state index in [1.807, 2.05) is 24.3 Å². The predicted octanol–water partition coefficient (Wildman–Crippen LogP) is 2.51. The zero-order chi connectivity index (χ0) is 16.7. The highest BCUT2D eigenvalue weighted by molar-refractivity contribution is 7.99. The number of carbonyl (C=O) groups is 2. The van der Waals surface area contributed by atoms with Crippen molar-refractivity contribution < 1.29 is 14.3 Å². The van der Waals surface area contributed by atoms with Gasteiger partial charge in [0.2, 0.25) is 5.91 Å². The van der Waals surface area contributed by atoms with Gasteiger partial charge in [0.05, 0.1) is 11.7 Å². The van der Waals surface area contributed by atoms with Crippen LogP contribution in [0, 0.1) is 18.3 Å². The largest absolute Gasteiger partial charge is 0.465 e. The van der Waals surface area contributed by atoms with Crippen LogP contribution in [-0.2, 0) is 20.7 Å². The van der Waals surface area contributed by atoms with E-state index in [4.69, 9.17) is 11.2 Å². The van der Waals surface area contributed by atoms with E-state index in [1.165, 1.54) is 0 Å². The molecule has 1 atom stereocenters. The smallest absolute Gasteiger partial charge is 0.311 e. The molecule has 122 valence electrons. The van der Waals surface area contributed by atoms with Crippen molar-refractivity contribution in [2.24, 2.45) is 5.92 Å². The molecule has 1 aromatic rings. The molecule has 0 aromatic heterocycles. The van der Waals surface area contributed by atoms with Crippen LogP contribution in [0.5, 0.6) is 0 Å². The lowest BCUT2D eigenvalue weighted by molar-refractivity contribution is -0.147. The molecular weight excluding hydrogens is 310 g/mol. The second-order valence-electron chi connectivity index (χ2n) is 5.31. The minimum absolute atomic E-state index is 0.0189. The lowest BCUT2D eigenvalue weighted by Crippen LogP contribution is -2.27. The summed E-state index contributed by atoms with van der Waals surface area (Å²) in [6.07, 6.45) is 6.22. The van der Waals surface area contributed by atoms with Gasteiger partial charge in [-0.1, -0.05) is 31.0 Å². The van der Waals surface area contributed by atoms with Crippen LogP contribution in [0.1, 0.15) is 18.9 Å². The molecular formula is C18H21NO3S. The molecule has 4 nitrogen and oxygen atoms in total. The number of nitrogens with zero attached hydrogens (tertiary/aromatic N) is 1. The fourth-order valence-electron chi connectivity index (χ4n) is 2.62. The van der Waals surface area contributed by atoms with Crippen LogP contribution >= 0.6 is 11.8 Å². The number of aryl methyl sites for hydroxylation is 1. The van der Waals surface area contributed by atoms with Gasteiger partial charge in [0, 0.05) is 24.4 Å². The number of thioether (sulfide) groups is 1. The molecule has 23 heavy (non-hydrogen) atoms. The fourth-order valence-corrected chi connectivity index (χ4v) is 3.08. The standard InChI is InChI=1S/C18H21NO3S/c1-3-10-23-11-9-22-18(21)15-12-17(20)19(13-15)16-8-6-5-7-14(16)4-2/h1,5-8,15H,4,9-13H2,2H3/t15-/m0/s1. The molecule has 0 spiro atoms. The normalized spacial score (nSPS) is 17.1. The molecule has 0 aliphatic carbocycles. The molecule has 2 rings (SSSR count). The Bertz CT molecular complexity index is 609. The first kappa shape index (κ1) is 17.4. The van der Waals surface area contributed by atoms with Crippen LogP contribution in [0.2, 0.25) is 0 Å². The summed E-state index contributed by atoms with van der Waals surface area (Å²) in [6, 6.07) is 7.82. The average molecular weight is 331 g/mol. The van der Waals surface area contributed by atoms with E-state index in [0.717, 1.165) is 17.7 Å². The molecule has 1 aliphatic rings. The molecule has 1 saturated heterocycles. The summed E-state index contributed by atoms with van der Waals surface area (Å²) in [4.78, 5) is 26.1. The third-order valence-corrected chi connectivity index (χ3v) is 4.61. The van der Waals surface area contributed by atoms with Crippen molar-refractivity contribution in [3.63, 3.8) is 0 Å². The highest BCUT2D eigenvalue weighted by Gasteiger charge is 2.36. The van der Waals surface area contributed by atoms with E-state index in [9.17, 15) is 9.59 Å². The molecule has 1 aromatic carbocycles. The van der Waals surface area contributed by atoms with Gasteiger partial charge in [0.25, 0.3) is 0 Å². The van der Waals surface area contributed by atoms with Gasteiger partial charge < -0.3 is 9.64 Å². The van der Waals surface area contributed by atoms with Gasteiger partial charge in [-0.05, 0) is 18.1 Å². The Hall–Kier alpha value is -1.93. The van der Waals surface area contributed by atoms with E-state index in [0.29, 0.717) is 24.7 Å². The Morgan fingerprint density at radius 2 is 2.26 bits per heavy atom. The monoisotopic (exact) mass is 331 g/mol. The highest BCUT2D eigenvalue weighted by Crippen LogP contribution is 2.29. The van der Waals surface area contributed by atoms with Gasteiger partial charge in [-0.3, -0.25) is 9.59 Å². The molecule has 0 N–H and O–H groups in total. The van der Waals surface area contributed by atoms with Crippen molar-refractivity contribution in [1.29, 1.82) is 0 Å². The SMILES string of the molecule is C#CCSCCOC(=O)[C@H]1CC(=O)N(c2ccccc2CC)C1. The first-order valence-electron chi connectivity index (χ1n) is 7.73. The second kappa shape index (κ2) is 8.64. The maximum Gasteiger partial charge on any atom is 0.311 e. The molecule has 0 bridgehead atoms. The number of ether oxygens (including phenoxy) is 1. The van der Waals surface area contributed by atoms with E-state index in [-0.39, 0.29) is 24.2 Å². The molecule has 0 unspecified atom stereocenters. The van der Waals surface area contributed by atoms with Crippen molar-refractivity contribution in [3.8, 4) is 12.3 Å². The summed E-state index contributed by atoms with van der Waals surface area (Å²) >= 11 is 1.55. The summed E-state index contributed by atoms with van der Waals surface area (Å²) in [5, 5.41) is 0. The van der Waals surface area contributed by atoms with Crippen molar-refractivity contribution in [2.45, 2.75) is 19.8 Å². The zero-order valence-electron chi connectivity index (χ0n) is 13.3. The number of hydrogen-bond donors (Lipinski definition) is 0. The molecule has 1 amide bonds. The van der Waals surface area contributed by atoms with Crippen molar-refractivity contribution in [1.82, 2.24) is 0 Å². The first-order chi connectivity index (χ1) is 11.2. The predicted molar refractivity (Wildman–Crippen MR) is 93.4 cm³/mol. The van der Waals surface area contributed by atoms with Gasteiger partial charge in [-0.25, -0.2) is 0 Å². The van der Waals surface area contributed by atoms with Crippen LogP contribution in [-0.4, -0.2) is 36.5 Å². The van der Waals surface area contributed by atoms with Crippen LogP contribution in [0.4, 0.5) is 5.69 Å². The quantitative estimate of drug-likeness (QED) is 0.437. The third kappa shape index (κ3) is 4.52. The maximum atomic E-state index is 12.3. The van der Waals surface area contributed by atoms with Crippen molar-refractivity contribution >= 4 is 29.3 Å². The van der Waals surface area contributed by atoms with Crippen molar-refractivity contribution in [2.75, 3.05) is 29.6 Å². The Balaban J connectivity index is 1.92. The number of benzene rings is 1. The fraction of sp³-hybridized carbons (Fsp3) is 0.444. The summed E-state index contributed by atoms with van der Waals surface area (Å²) in [5.41, 5.74) is 2.01. The number of amides is 1. The lowest BCUT2D eigenvalue weighted by Gasteiger charge is -2.19. The van der Waals surface area contributed by atoms with Gasteiger partial charge in [-0.15, -0.1) is 18.2 Å². The van der Waals surface area contributed by atoms with Gasteiger partial charge in [0.1, 0.15) is 6.61 Å². The molecule has 5 heteroatoms. The second-order valence-corrected chi connectivity index (χ2v) is 6.42. The number of para-hydroxylation sites is 1. The van der Waals surface area contributed by atoms with Crippen LogP contribution in [0.3, 0.4) is 0 Å². The molecule has 1 heterocycles. The Morgan fingerprint density at radius 3 is 3.00 bits per heavy atom. The van der Waals surface area contributed by atoms with Crippen LogP contribution in [0.25, 0.3) is 0 Å². The molecule has 0 saturated carbocycles. The minimum Gasteiger partial charge on any atom is -0.465 e. The summed E-state index contributed by atoms with van der Waals surface area (Å²) < 4.78 is 5.25. The maximum absolute atomic E-state index is 12.3. The Morgan fingerprint density at radius 1 is 1.48 bits per heavy atom. The summed E-state index contributed by atoms with van der Waals surface area (Å²) in [6.45, 7) is 2.78. The lowest BCUT2D eigenvalue weighted by atomic mass is 10.1. The van der Waals surface area contributed by atoms with Gasteiger partial charge >= 0.3 is 5.97 Å². The number of rotatable bonds is 7. The number of esters is 1. The number of carbonyl (C=O) groups excluding carboxylic acids is 2. The van der Waals surface area contributed by atoms with Gasteiger partial charge in [0.15, 0.2) is 0 Å². The number of anilines is 1. The average Bonchev–Trinajstić information content (AvgIpc) is 2.96. The van der Waals surface area contributed by atoms with Gasteiger partial charge in [-0.2, -0.15) is 0 Å². The minimum atomic E-state index is -0.384. The van der Waals surface area contributed by atoms with E-state index in [1.54, 1.807) is 16.7 Å². The third-order valence-electron chi connectivity index (χ3n) is 3.78. The van der Waals surface area contributed by atoms with Crippen LogP contribution in [0.15, 0.2) is 24.3 Å². The molecule has 1 aliphatic heterocycles. The first-order valence-corrected chi connectivity index (χ1v) is 8.89. The number of hydrogen-bond acceptors (Lipinski definition) is 4. The molecule has 1 fully saturated rings. The van der Waals surface area contributed by atoms with E-state index >= 15 is 0 Å². The summed E-state index contributed by atoms with van der Waals surface area (Å²) in [5.74, 6) is 3.12. The Labute approximate surface area is 141 Å². The zero-order valence-corrected chi connectivity index (χ0v) is 14.1. The number of terminal acetylenes is 1. The highest BCUT2D eigenvalue weighted by atomic mass is 32.2. The molecule has 0 radical (unpaired) electrons. The van der Waals surface area contributed by atoms with Crippen molar-refractivity contribution in [3.05, 3.63) is 29.8 Å². The Kier molecular flexibility index (Phi) is 6.54. The topological polar surface area (TPSA) is 46.6 Å².